The highest BCUT2D eigenvalue weighted by Crippen LogP contribution is 2.30. The minimum absolute atomic E-state index is 0.213. The Hall–Kier alpha value is -3.28. The number of nitrogens with one attached hydrogen (secondary N) is 1. The van der Waals surface area contributed by atoms with Gasteiger partial charge >= 0.3 is 0 Å². The van der Waals surface area contributed by atoms with Crippen molar-refractivity contribution < 1.29 is 14.3 Å². The van der Waals surface area contributed by atoms with Gasteiger partial charge in [-0.05, 0) is 29.3 Å². The number of nitrogens with zero attached hydrogens (tertiary/aromatic N) is 2. The van der Waals surface area contributed by atoms with Crippen molar-refractivity contribution in [2.45, 2.75) is 13.1 Å². The third kappa shape index (κ3) is 3.85. The zero-order valence-corrected chi connectivity index (χ0v) is 14.8. The van der Waals surface area contributed by atoms with Gasteiger partial charge in [0.15, 0.2) is 11.5 Å². The van der Waals surface area contributed by atoms with Crippen LogP contribution in [0.4, 0.5) is 0 Å². The molecule has 6 nitrogen and oxygen atoms in total. The minimum atomic E-state index is -0.213. The van der Waals surface area contributed by atoms with Gasteiger partial charge in [0.25, 0.3) is 5.91 Å². The first-order chi connectivity index (χ1) is 12.7. The average molecular weight is 351 g/mol. The SMILES string of the molecule is COc1cccc(C(=O)NCc2ccccc2Cn2cccn2)c1OC. The summed E-state index contributed by atoms with van der Waals surface area (Å²) in [5.74, 6) is 0.742. The fourth-order valence-electron chi connectivity index (χ4n) is 2.79. The van der Waals surface area contributed by atoms with Gasteiger partial charge < -0.3 is 14.8 Å². The molecule has 2 aromatic carbocycles. The van der Waals surface area contributed by atoms with Gasteiger partial charge in [0, 0.05) is 18.9 Å². The molecule has 0 saturated heterocycles. The fraction of sp³-hybridized carbons (Fsp3) is 0.200. The van der Waals surface area contributed by atoms with Gasteiger partial charge in [-0.2, -0.15) is 5.10 Å². The number of carbonyl (C=O) groups excluding carboxylic acids is 1. The van der Waals surface area contributed by atoms with Gasteiger partial charge in [-0.3, -0.25) is 9.48 Å². The van der Waals surface area contributed by atoms with Crippen LogP contribution in [0.2, 0.25) is 0 Å². The van der Waals surface area contributed by atoms with Crippen LogP contribution in [-0.2, 0) is 13.1 Å². The summed E-state index contributed by atoms with van der Waals surface area (Å²) in [5.41, 5.74) is 2.59. The average Bonchev–Trinajstić information content (AvgIpc) is 3.19. The van der Waals surface area contributed by atoms with E-state index in [4.69, 9.17) is 9.47 Å². The number of benzene rings is 2. The van der Waals surface area contributed by atoms with Gasteiger partial charge in [0.2, 0.25) is 0 Å². The van der Waals surface area contributed by atoms with Crippen LogP contribution in [0.1, 0.15) is 21.5 Å². The molecule has 1 heterocycles. The lowest BCUT2D eigenvalue weighted by molar-refractivity contribution is 0.0947. The molecule has 0 radical (unpaired) electrons. The van der Waals surface area contributed by atoms with Crippen molar-refractivity contribution in [1.29, 1.82) is 0 Å². The maximum atomic E-state index is 12.6. The number of para-hydroxylation sites is 1. The quantitative estimate of drug-likeness (QED) is 0.711. The van der Waals surface area contributed by atoms with Crippen LogP contribution in [0.3, 0.4) is 0 Å². The van der Waals surface area contributed by atoms with Gasteiger partial charge in [0.1, 0.15) is 0 Å². The molecule has 1 aromatic heterocycles. The molecule has 0 unspecified atom stereocenters. The standard InChI is InChI=1S/C20H21N3O3/c1-25-18-10-5-9-17(19(18)26-2)20(24)21-13-15-7-3-4-8-16(15)14-23-12-6-11-22-23/h3-12H,13-14H2,1-2H3,(H,21,24). The van der Waals surface area contributed by atoms with Crippen molar-refractivity contribution in [3.8, 4) is 11.5 Å². The summed E-state index contributed by atoms with van der Waals surface area (Å²) >= 11 is 0. The Labute approximate surface area is 152 Å². The van der Waals surface area contributed by atoms with Crippen molar-refractivity contribution in [2.24, 2.45) is 0 Å². The largest absolute Gasteiger partial charge is 0.493 e. The summed E-state index contributed by atoms with van der Waals surface area (Å²) < 4.78 is 12.4. The number of aromatic nitrogens is 2. The first kappa shape index (κ1) is 17.5. The molecule has 0 aliphatic heterocycles. The molecule has 1 N–H and O–H groups in total. The summed E-state index contributed by atoms with van der Waals surface area (Å²) in [7, 11) is 3.07. The van der Waals surface area contributed by atoms with E-state index in [1.54, 1.807) is 31.5 Å². The Morgan fingerprint density at radius 2 is 1.85 bits per heavy atom. The predicted octanol–water partition coefficient (Wildman–Crippen LogP) is 2.88. The number of ether oxygens (including phenoxy) is 2. The number of amides is 1. The highest BCUT2D eigenvalue weighted by molar-refractivity contribution is 5.97. The van der Waals surface area contributed by atoms with Crippen molar-refractivity contribution in [3.05, 3.63) is 77.6 Å². The van der Waals surface area contributed by atoms with E-state index in [1.165, 1.54) is 7.11 Å². The Bertz CT molecular complexity index is 876. The zero-order chi connectivity index (χ0) is 18.4. The van der Waals surface area contributed by atoms with Crippen molar-refractivity contribution in [1.82, 2.24) is 15.1 Å². The summed E-state index contributed by atoms with van der Waals surface area (Å²) in [6.45, 7) is 1.07. The van der Waals surface area contributed by atoms with Crippen LogP contribution in [0.5, 0.6) is 11.5 Å². The molecule has 1 amide bonds. The third-order valence-corrected chi connectivity index (χ3v) is 4.10. The lowest BCUT2D eigenvalue weighted by Gasteiger charge is -2.14. The normalized spacial score (nSPS) is 10.4. The number of carbonyl (C=O) groups is 1. The maximum absolute atomic E-state index is 12.6. The highest BCUT2D eigenvalue weighted by atomic mass is 16.5. The number of methoxy groups -OCH3 is 2. The molecule has 0 aliphatic rings. The van der Waals surface area contributed by atoms with E-state index in [1.807, 2.05) is 41.2 Å². The molecule has 3 rings (SSSR count). The number of rotatable bonds is 7. The molecule has 0 saturated carbocycles. The summed E-state index contributed by atoms with van der Waals surface area (Å²) in [5, 5.41) is 7.19. The van der Waals surface area contributed by atoms with E-state index in [0.29, 0.717) is 30.2 Å². The Kier molecular flexibility index (Phi) is 5.53. The lowest BCUT2D eigenvalue weighted by Crippen LogP contribution is -2.24. The monoisotopic (exact) mass is 351 g/mol. The van der Waals surface area contributed by atoms with Gasteiger partial charge in [0.05, 0.1) is 26.3 Å². The molecular weight excluding hydrogens is 330 g/mol. The van der Waals surface area contributed by atoms with E-state index >= 15 is 0 Å². The molecule has 6 heteroatoms. The Morgan fingerprint density at radius 3 is 2.54 bits per heavy atom. The number of hydrogen-bond donors (Lipinski definition) is 1. The first-order valence-corrected chi connectivity index (χ1v) is 8.26. The van der Waals surface area contributed by atoms with Crippen LogP contribution in [0.15, 0.2) is 60.9 Å². The van der Waals surface area contributed by atoms with Gasteiger partial charge in [-0.15, -0.1) is 0 Å². The van der Waals surface area contributed by atoms with E-state index in [9.17, 15) is 4.79 Å². The molecule has 0 atom stereocenters. The molecule has 26 heavy (non-hydrogen) atoms. The summed E-state index contributed by atoms with van der Waals surface area (Å²) in [6, 6.07) is 15.1. The van der Waals surface area contributed by atoms with Crippen LogP contribution in [-0.4, -0.2) is 29.9 Å². The van der Waals surface area contributed by atoms with Crippen molar-refractivity contribution in [2.75, 3.05) is 14.2 Å². The number of hydrogen-bond acceptors (Lipinski definition) is 4. The molecule has 3 aromatic rings. The fourth-order valence-corrected chi connectivity index (χ4v) is 2.79. The molecule has 0 fully saturated rings. The van der Waals surface area contributed by atoms with Crippen LogP contribution < -0.4 is 14.8 Å². The van der Waals surface area contributed by atoms with Crippen molar-refractivity contribution in [3.63, 3.8) is 0 Å². The second-order valence-electron chi connectivity index (χ2n) is 5.70. The molecule has 134 valence electrons. The maximum Gasteiger partial charge on any atom is 0.255 e. The van der Waals surface area contributed by atoms with Gasteiger partial charge in [-0.1, -0.05) is 30.3 Å². The van der Waals surface area contributed by atoms with E-state index < -0.39 is 0 Å². The predicted molar refractivity (Wildman–Crippen MR) is 98.5 cm³/mol. The van der Waals surface area contributed by atoms with Crippen LogP contribution >= 0.6 is 0 Å². The van der Waals surface area contributed by atoms with E-state index in [2.05, 4.69) is 10.4 Å². The third-order valence-electron chi connectivity index (χ3n) is 4.10. The second kappa shape index (κ2) is 8.20. The van der Waals surface area contributed by atoms with Gasteiger partial charge in [-0.25, -0.2) is 0 Å². The minimum Gasteiger partial charge on any atom is -0.493 e. The van der Waals surface area contributed by atoms with E-state index in [0.717, 1.165) is 11.1 Å². The lowest BCUT2D eigenvalue weighted by atomic mass is 10.1. The molecule has 0 bridgehead atoms. The summed E-state index contributed by atoms with van der Waals surface area (Å²) in [4.78, 5) is 12.6. The summed E-state index contributed by atoms with van der Waals surface area (Å²) in [6.07, 6.45) is 3.66. The Morgan fingerprint density at radius 1 is 1.04 bits per heavy atom. The highest BCUT2D eigenvalue weighted by Gasteiger charge is 2.16. The van der Waals surface area contributed by atoms with Crippen molar-refractivity contribution >= 4 is 5.91 Å². The zero-order valence-electron chi connectivity index (χ0n) is 14.8. The second-order valence-corrected chi connectivity index (χ2v) is 5.70. The first-order valence-electron chi connectivity index (χ1n) is 8.26. The molecular formula is C20H21N3O3. The smallest absolute Gasteiger partial charge is 0.255 e. The van der Waals surface area contributed by atoms with Crippen LogP contribution in [0, 0.1) is 0 Å². The topological polar surface area (TPSA) is 65.4 Å². The Balaban J connectivity index is 1.75. The molecule has 0 aliphatic carbocycles. The molecule has 0 spiro atoms. The van der Waals surface area contributed by atoms with Crippen LogP contribution in [0.25, 0.3) is 0 Å². The van der Waals surface area contributed by atoms with E-state index in [-0.39, 0.29) is 5.91 Å².